The van der Waals surface area contributed by atoms with E-state index in [1.54, 1.807) is 18.9 Å². The predicted octanol–water partition coefficient (Wildman–Crippen LogP) is 2.30. The molecule has 0 aliphatic rings. The van der Waals surface area contributed by atoms with E-state index in [1.807, 2.05) is 32.0 Å². The molecule has 20 heavy (non-hydrogen) atoms. The summed E-state index contributed by atoms with van der Waals surface area (Å²) in [6.07, 6.45) is 0.570. The first-order valence-electron chi connectivity index (χ1n) is 7.02. The van der Waals surface area contributed by atoms with E-state index >= 15 is 0 Å². The highest BCUT2D eigenvalue weighted by Gasteiger charge is 2.10. The number of aliphatic hydroxyl groups excluding tert-OH is 1. The minimum Gasteiger partial charge on any atom is -0.493 e. The van der Waals surface area contributed by atoms with Gasteiger partial charge in [0.05, 0.1) is 19.1 Å². The lowest BCUT2D eigenvalue weighted by Crippen LogP contribution is -2.30. The third-order valence-electron chi connectivity index (χ3n) is 3.23. The van der Waals surface area contributed by atoms with Gasteiger partial charge in [-0.2, -0.15) is 0 Å². The first-order chi connectivity index (χ1) is 9.40. The topological polar surface area (TPSA) is 49.8 Å². The van der Waals surface area contributed by atoms with Crippen molar-refractivity contribution in [2.75, 3.05) is 20.2 Å². The average molecular weight is 279 g/mol. The van der Waals surface area contributed by atoms with Gasteiger partial charge < -0.3 is 14.7 Å². The molecule has 1 aromatic carbocycles. The van der Waals surface area contributed by atoms with Gasteiger partial charge in [0, 0.05) is 13.6 Å². The van der Waals surface area contributed by atoms with Crippen molar-refractivity contribution in [2.45, 2.75) is 39.7 Å². The second-order valence-corrected chi connectivity index (χ2v) is 5.32. The SMILES string of the molecule is Cc1ccc(C)c(OCCC(=O)N(C)CCC(C)O)c1. The van der Waals surface area contributed by atoms with Crippen molar-refractivity contribution < 1.29 is 14.6 Å². The van der Waals surface area contributed by atoms with Gasteiger partial charge in [-0.05, 0) is 44.4 Å². The van der Waals surface area contributed by atoms with Crippen molar-refractivity contribution in [2.24, 2.45) is 0 Å². The molecular formula is C16H25NO3. The zero-order valence-corrected chi connectivity index (χ0v) is 12.8. The number of ether oxygens (including phenoxy) is 1. The van der Waals surface area contributed by atoms with Gasteiger partial charge in [0.2, 0.25) is 5.91 Å². The number of carbonyl (C=O) groups is 1. The Bertz CT molecular complexity index is 443. The Morgan fingerprint density at radius 3 is 2.75 bits per heavy atom. The Morgan fingerprint density at radius 2 is 2.10 bits per heavy atom. The number of carbonyl (C=O) groups excluding carboxylic acids is 1. The van der Waals surface area contributed by atoms with Crippen molar-refractivity contribution in [1.82, 2.24) is 4.90 Å². The molecular weight excluding hydrogens is 254 g/mol. The quantitative estimate of drug-likeness (QED) is 0.833. The predicted molar refractivity (Wildman–Crippen MR) is 80.0 cm³/mol. The molecule has 1 aromatic rings. The van der Waals surface area contributed by atoms with Crippen LogP contribution in [0.15, 0.2) is 18.2 Å². The van der Waals surface area contributed by atoms with E-state index in [2.05, 4.69) is 0 Å². The van der Waals surface area contributed by atoms with E-state index in [9.17, 15) is 9.90 Å². The number of rotatable bonds is 7. The summed E-state index contributed by atoms with van der Waals surface area (Å²) in [4.78, 5) is 13.5. The number of benzene rings is 1. The van der Waals surface area contributed by atoms with Crippen LogP contribution >= 0.6 is 0 Å². The Morgan fingerprint density at radius 1 is 1.40 bits per heavy atom. The second kappa shape index (κ2) is 7.90. The number of aliphatic hydroxyl groups is 1. The molecule has 0 radical (unpaired) electrons. The van der Waals surface area contributed by atoms with Crippen LogP contribution in [0.2, 0.25) is 0 Å². The van der Waals surface area contributed by atoms with E-state index in [1.165, 1.54) is 0 Å². The van der Waals surface area contributed by atoms with Crippen LogP contribution in [0, 0.1) is 13.8 Å². The summed E-state index contributed by atoms with van der Waals surface area (Å²) < 4.78 is 5.67. The maximum absolute atomic E-state index is 11.9. The van der Waals surface area contributed by atoms with Gasteiger partial charge in [-0.25, -0.2) is 0 Å². The van der Waals surface area contributed by atoms with Crippen molar-refractivity contribution in [3.63, 3.8) is 0 Å². The van der Waals surface area contributed by atoms with Gasteiger partial charge in [-0.1, -0.05) is 12.1 Å². The van der Waals surface area contributed by atoms with Crippen LogP contribution in [-0.2, 0) is 4.79 Å². The maximum Gasteiger partial charge on any atom is 0.225 e. The largest absolute Gasteiger partial charge is 0.493 e. The molecule has 0 spiro atoms. The molecule has 1 rings (SSSR count). The van der Waals surface area contributed by atoms with Crippen LogP contribution in [0.25, 0.3) is 0 Å². The molecule has 1 unspecified atom stereocenters. The van der Waals surface area contributed by atoms with Crippen molar-refractivity contribution in [3.05, 3.63) is 29.3 Å². The van der Waals surface area contributed by atoms with Crippen LogP contribution < -0.4 is 4.74 Å². The van der Waals surface area contributed by atoms with E-state index in [0.29, 0.717) is 26.0 Å². The van der Waals surface area contributed by atoms with Gasteiger partial charge in [-0.15, -0.1) is 0 Å². The van der Waals surface area contributed by atoms with Crippen LogP contribution in [0.1, 0.15) is 30.9 Å². The minimum absolute atomic E-state index is 0.0379. The van der Waals surface area contributed by atoms with Crippen molar-refractivity contribution >= 4 is 5.91 Å². The second-order valence-electron chi connectivity index (χ2n) is 5.32. The lowest BCUT2D eigenvalue weighted by molar-refractivity contribution is -0.130. The smallest absolute Gasteiger partial charge is 0.225 e. The monoisotopic (exact) mass is 279 g/mol. The summed E-state index contributed by atoms with van der Waals surface area (Å²) in [7, 11) is 1.75. The summed E-state index contributed by atoms with van der Waals surface area (Å²) in [6.45, 7) is 6.68. The Kier molecular flexibility index (Phi) is 6.52. The minimum atomic E-state index is -0.378. The highest BCUT2D eigenvalue weighted by atomic mass is 16.5. The van der Waals surface area contributed by atoms with E-state index in [0.717, 1.165) is 16.9 Å². The maximum atomic E-state index is 11.9. The molecule has 0 aliphatic heterocycles. The van der Waals surface area contributed by atoms with Crippen molar-refractivity contribution in [3.8, 4) is 5.75 Å². The standard InChI is InChI=1S/C16H25NO3/c1-12-5-6-13(2)15(11-12)20-10-8-16(19)17(4)9-7-14(3)18/h5-6,11,14,18H,7-10H2,1-4H3. The fourth-order valence-electron chi connectivity index (χ4n) is 1.81. The van der Waals surface area contributed by atoms with Crippen molar-refractivity contribution in [1.29, 1.82) is 0 Å². The van der Waals surface area contributed by atoms with Gasteiger partial charge in [-0.3, -0.25) is 4.79 Å². The normalized spacial score (nSPS) is 12.1. The molecule has 112 valence electrons. The highest BCUT2D eigenvalue weighted by molar-refractivity contribution is 5.75. The molecule has 1 N–H and O–H groups in total. The molecule has 0 bridgehead atoms. The van der Waals surface area contributed by atoms with Crippen LogP contribution in [-0.4, -0.2) is 42.2 Å². The summed E-state index contributed by atoms with van der Waals surface area (Å²) in [5, 5.41) is 9.20. The molecule has 0 fully saturated rings. The molecule has 0 aromatic heterocycles. The third-order valence-corrected chi connectivity index (χ3v) is 3.23. The summed E-state index contributed by atoms with van der Waals surface area (Å²) in [5.41, 5.74) is 2.22. The molecule has 1 atom stereocenters. The molecule has 4 heteroatoms. The molecule has 4 nitrogen and oxygen atoms in total. The van der Waals surface area contributed by atoms with Gasteiger partial charge in [0.1, 0.15) is 5.75 Å². The molecule has 0 saturated heterocycles. The lowest BCUT2D eigenvalue weighted by Gasteiger charge is -2.18. The fourth-order valence-corrected chi connectivity index (χ4v) is 1.81. The van der Waals surface area contributed by atoms with Gasteiger partial charge in [0.25, 0.3) is 0 Å². The molecule has 1 amide bonds. The number of hydrogen-bond donors (Lipinski definition) is 1. The lowest BCUT2D eigenvalue weighted by atomic mass is 10.1. The van der Waals surface area contributed by atoms with E-state index in [4.69, 9.17) is 4.74 Å². The number of nitrogens with zero attached hydrogens (tertiary/aromatic N) is 1. The summed E-state index contributed by atoms with van der Waals surface area (Å²) in [6, 6.07) is 6.04. The van der Waals surface area contributed by atoms with E-state index in [-0.39, 0.29) is 12.0 Å². The first-order valence-corrected chi connectivity index (χ1v) is 7.02. The zero-order valence-electron chi connectivity index (χ0n) is 12.8. The Balaban J connectivity index is 2.36. The number of aryl methyl sites for hydroxylation is 2. The number of amides is 1. The van der Waals surface area contributed by atoms with Gasteiger partial charge in [0.15, 0.2) is 0 Å². The number of hydrogen-bond acceptors (Lipinski definition) is 3. The Hall–Kier alpha value is -1.55. The fraction of sp³-hybridized carbons (Fsp3) is 0.562. The Labute approximate surface area is 121 Å². The summed E-state index contributed by atoms with van der Waals surface area (Å²) in [5.74, 6) is 0.875. The zero-order chi connectivity index (χ0) is 15.1. The molecule has 0 heterocycles. The summed E-state index contributed by atoms with van der Waals surface area (Å²) >= 11 is 0. The van der Waals surface area contributed by atoms with E-state index < -0.39 is 0 Å². The third kappa shape index (κ3) is 5.61. The first kappa shape index (κ1) is 16.5. The molecule has 0 saturated carbocycles. The van der Waals surface area contributed by atoms with Crippen LogP contribution in [0.4, 0.5) is 0 Å². The average Bonchev–Trinajstić information content (AvgIpc) is 2.39. The molecule has 0 aliphatic carbocycles. The van der Waals surface area contributed by atoms with Crippen LogP contribution in [0.5, 0.6) is 5.75 Å². The van der Waals surface area contributed by atoms with Gasteiger partial charge >= 0.3 is 0 Å². The van der Waals surface area contributed by atoms with Crippen LogP contribution in [0.3, 0.4) is 0 Å². The highest BCUT2D eigenvalue weighted by Crippen LogP contribution is 2.19.